The van der Waals surface area contributed by atoms with Crippen LogP contribution in [0.5, 0.6) is 0 Å². The van der Waals surface area contributed by atoms with Crippen molar-refractivity contribution in [1.29, 1.82) is 0 Å². The number of Topliss-reactive ketones (excluding diaryl/α,β-unsaturated/α-hetero) is 1. The average Bonchev–Trinajstić information content (AvgIpc) is 2.62. The molecule has 4 aliphatic carbocycles. The smallest absolute Gasteiger partial charge is 0.309 e. The summed E-state index contributed by atoms with van der Waals surface area (Å²) in [5.74, 6) is 1.00. The molecule has 4 rings (SSSR count). The fraction of sp³-hybridized carbons (Fsp3) is 0.619. The van der Waals surface area contributed by atoms with E-state index in [1.807, 2.05) is 13.0 Å². The van der Waals surface area contributed by atoms with Gasteiger partial charge in [0, 0.05) is 17.8 Å². The van der Waals surface area contributed by atoms with Gasteiger partial charge in [-0.3, -0.25) is 9.59 Å². The number of rotatable bonds is 6. The van der Waals surface area contributed by atoms with Crippen LogP contribution >= 0.6 is 0 Å². The fourth-order valence-electron chi connectivity index (χ4n) is 5.53. The molecule has 2 unspecified atom stereocenters. The van der Waals surface area contributed by atoms with Gasteiger partial charge >= 0.3 is 5.97 Å². The van der Waals surface area contributed by atoms with E-state index < -0.39 is 5.41 Å². The minimum Gasteiger partial charge on any atom is -0.494 e. The predicted octanol–water partition coefficient (Wildman–Crippen LogP) is 3.98. The van der Waals surface area contributed by atoms with E-state index in [0.717, 1.165) is 30.6 Å². The molecule has 4 heteroatoms. The summed E-state index contributed by atoms with van der Waals surface area (Å²) in [7, 11) is 1.46. The van der Waals surface area contributed by atoms with Crippen LogP contribution in [-0.2, 0) is 19.1 Å². The van der Waals surface area contributed by atoms with Gasteiger partial charge in [-0.1, -0.05) is 18.7 Å². The SMILES string of the molecule is C=CCOC1=C2[C@](C)(CC=C)C(=O)CC[C@]23CCC1CC3C(=O)OC. The lowest BCUT2D eigenvalue weighted by atomic mass is 9.44. The summed E-state index contributed by atoms with van der Waals surface area (Å²) in [6.07, 6.45) is 8.00. The molecule has 2 saturated carbocycles. The van der Waals surface area contributed by atoms with E-state index in [4.69, 9.17) is 9.47 Å². The molecule has 2 bridgehead atoms. The monoisotopic (exact) mass is 344 g/mol. The molecule has 2 fully saturated rings. The molecule has 0 saturated heterocycles. The van der Waals surface area contributed by atoms with E-state index in [1.165, 1.54) is 7.11 Å². The van der Waals surface area contributed by atoms with Crippen molar-refractivity contribution in [3.05, 3.63) is 36.6 Å². The summed E-state index contributed by atoms with van der Waals surface area (Å²) in [4.78, 5) is 25.5. The van der Waals surface area contributed by atoms with E-state index in [-0.39, 0.29) is 29.0 Å². The molecule has 25 heavy (non-hydrogen) atoms. The molecule has 0 radical (unpaired) electrons. The van der Waals surface area contributed by atoms with E-state index in [9.17, 15) is 9.59 Å². The Morgan fingerprint density at radius 2 is 2.08 bits per heavy atom. The van der Waals surface area contributed by atoms with E-state index in [2.05, 4.69) is 13.2 Å². The first-order valence-corrected chi connectivity index (χ1v) is 9.15. The van der Waals surface area contributed by atoms with Crippen molar-refractivity contribution in [3.8, 4) is 0 Å². The second-order valence-electron chi connectivity index (χ2n) is 7.79. The van der Waals surface area contributed by atoms with Gasteiger partial charge in [-0.05, 0) is 44.6 Å². The zero-order valence-corrected chi connectivity index (χ0v) is 15.3. The highest BCUT2D eigenvalue weighted by Crippen LogP contribution is 2.66. The number of ketones is 1. The van der Waals surface area contributed by atoms with Crippen LogP contribution in [0.2, 0.25) is 0 Å². The number of carbonyl (C=O) groups excluding carboxylic acids is 2. The topological polar surface area (TPSA) is 52.6 Å². The number of carbonyl (C=O) groups is 2. The summed E-state index contributed by atoms with van der Waals surface area (Å²) >= 11 is 0. The Balaban J connectivity index is 2.20. The van der Waals surface area contributed by atoms with Crippen molar-refractivity contribution in [2.24, 2.45) is 22.7 Å². The fourth-order valence-corrected chi connectivity index (χ4v) is 5.53. The Hall–Kier alpha value is -1.84. The van der Waals surface area contributed by atoms with Gasteiger partial charge in [-0.15, -0.1) is 6.58 Å². The van der Waals surface area contributed by atoms with Gasteiger partial charge in [0.05, 0.1) is 18.4 Å². The van der Waals surface area contributed by atoms with Crippen LogP contribution in [0, 0.1) is 22.7 Å². The van der Waals surface area contributed by atoms with Crippen molar-refractivity contribution < 1.29 is 19.1 Å². The number of hydrogen-bond acceptors (Lipinski definition) is 4. The highest BCUT2D eigenvalue weighted by molar-refractivity contribution is 5.91. The largest absolute Gasteiger partial charge is 0.494 e. The van der Waals surface area contributed by atoms with Crippen LogP contribution in [0.1, 0.15) is 45.4 Å². The molecule has 4 atom stereocenters. The molecule has 0 heterocycles. The number of fused-ring (bicyclic) bond motifs is 2. The Morgan fingerprint density at radius 1 is 1.32 bits per heavy atom. The second kappa shape index (κ2) is 6.47. The Labute approximate surface area is 150 Å². The first-order chi connectivity index (χ1) is 11.9. The average molecular weight is 344 g/mol. The molecular formula is C21H28O4. The molecule has 4 aliphatic rings. The summed E-state index contributed by atoms with van der Waals surface area (Å²) < 4.78 is 11.2. The van der Waals surface area contributed by atoms with Gasteiger partial charge < -0.3 is 9.47 Å². The molecule has 0 amide bonds. The molecule has 0 aliphatic heterocycles. The van der Waals surface area contributed by atoms with Crippen molar-refractivity contribution in [3.63, 3.8) is 0 Å². The van der Waals surface area contributed by atoms with Crippen molar-refractivity contribution in [1.82, 2.24) is 0 Å². The Kier molecular flexibility index (Phi) is 4.65. The zero-order chi connectivity index (χ0) is 18.2. The Morgan fingerprint density at radius 3 is 2.72 bits per heavy atom. The second-order valence-corrected chi connectivity index (χ2v) is 7.79. The first-order valence-electron chi connectivity index (χ1n) is 9.15. The minimum absolute atomic E-state index is 0.153. The van der Waals surface area contributed by atoms with Gasteiger partial charge in [0.25, 0.3) is 0 Å². The highest BCUT2D eigenvalue weighted by Gasteiger charge is 2.63. The number of esters is 1. The summed E-state index contributed by atoms with van der Waals surface area (Å²) in [5, 5.41) is 0. The molecule has 0 aromatic carbocycles. The number of allylic oxidation sites excluding steroid dienone is 3. The van der Waals surface area contributed by atoms with Crippen LogP contribution < -0.4 is 0 Å². The quantitative estimate of drug-likeness (QED) is 0.540. The minimum atomic E-state index is -0.637. The normalized spacial score (nSPS) is 36.6. The molecular weight excluding hydrogens is 316 g/mol. The van der Waals surface area contributed by atoms with E-state index >= 15 is 0 Å². The third-order valence-electron chi connectivity index (χ3n) is 6.60. The van der Waals surface area contributed by atoms with Gasteiger partial charge in [0.1, 0.15) is 18.1 Å². The van der Waals surface area contributed by atoms with Crippen LogP contribution in [-0.4, -0.2) is 25.5 Å². The molecule has 0 aromatic rings. The van der Waals surface area contributed by atoms with Crippen LogP contribution in [0.3, 0.4) is 0 Å². The third kappa shape index (κ3) is 2.49. The van der Waals surface area contributed by atoms with E-state index in [0.29, 0.717) is 25.9 Å². The van der Waals surface area contributed by atoms with Gasteiger partial charge in [-0.25, -0.2) is 0 Å². The van der Waals surface area contributed by atoms with Gasteiger partial charge in [0.2, 0.25) is 0 Å². The van der Waals surface area contributed by atoms with E-state index in [1.54, 1.807) is 6.08 Å². The Bertz CT molecular complexity index is 646. The number of hydrogen-bond donors (Lipinski definition) is 0. The summed E-state index contributed by atoms with van der Waals surface area (Å²) in [6, 6.07) is 0. The molecule has 4 nitrogen and oxygen atoms in total. The van der Waals surface area contributed by atoms with Crippen molar-refractivity contribution in [2.45, 2.75) is 45.4 Å². The van der Waals surface area contributed by atoms with Crippen molar-refractivity contribution in [2.75, 3.05) is 13.7 Å². The third-order valence-corrected chi connectivity index (χ3v) is 6.60. The highest BCUT2D eigenvalue weighted by atomic mass is 16.5. The first kappa shape index (κ1) is 18.0. The maximum atomic E-state index is 12.9. The molecule has 0 N–H and O–H groups in total. The summed E-state index contributed by atoms with van der Waals surface area (Å²) in [6.45, 7) is 10.0. The summed E-state index contributed by atoms with van der Waals surface area (Å²) in [5.41, 5.74) is 0.0993. The maximum Gasteiger partial charge on any atom is 0.309 e. The number of methoxy groups -OCH3 is 1. The molecule has 136 valence electrons. The maximum absolute atomic E-state index is 12.9. The van der Waals surface area contributed by atoms with Gasteiger partial charge in [-0.2, -0.15) is 0 Å². The van der Waals surface area contributed by atoms with Crippen molar-refractivity contribution >= 4 is 11.8 Å². The number of ether oxygens (including phenoxy) is 2. The lowest BCUT2D eigenvalue weighted by molar-refractivity contribution is -0.158. The standard InChI is InChI=1S/C21H28O4/c1-5-9-20(3)16(22)8-11-21-10-7-14(13-15(21)19(23)24-4)17(18(20)21)25-12-6-2/h5-6,14-15H,1-2,7-13H2,3-4H3/t14?,15?,20-,21+/m1/s1. The lowest BCUT2D eigenvalue weighted by Crippen LogP contribution is -2.56. The predicted molar refractivity (Wildman–Crippen MR) is 95.6 cm³/mol. The molecule has 0 aromatic heterocycles. The van der Waals surface area contributed by atoms with Crippen LogP contribution in [0.25, 0.3) is 0 Å². The molecule has 1 spiro atoms. The zero-order valence-electron chi connectivity index (χ0n) is 15.3. The van der Waals surface area contributed by atoms with Crippen LogP contribution in [0.4, 0.5) is 0 Å². The van der Waals surface area contributed by atoms with Crippen LogP contribution in [0.15, 0.2) is 36.6 Å². The van der Waals surface area contributed by atoms with Gasteiger partial charge in [0.15, 0.2) is 0 Å². The lowest BCUT2D eigenvalue weighted by Gasteiger charge is -2.59.